The van der Waals surface area contributed by atoms with Gasteiger partial charge in [-0.25, -0.2) is 8.78 Å². The van der Waals surface area contributed by atoms with Crippen LogP contribution in [0.15, 0.2) is 48.7 Å². The predicted octanol–water partition coefficient (Wildman–Crippen LogP) is 4.25. The fourth-order valence-electron chi connectivity index (χ4n) is 2.82. The number of benzene rings is 2. The van der Waals surface area contributed by atoms with Gasteiger partial charge in [0.05, 0.1) is 12.1 Å². The number of carbonyl (C=O) groups is 1. The Kier molecular flexibility index (Phi) is 7.08. The molecule has 7 heteroatoms. The number of hydrogen-bond donors (Lipinski definition) is 1. The molecular weight excluding hydrogens is 378 g/mol. The summed E-state index contributed by atoms with van der Waals surface area (Å²) >= 11 is 0. The molecule has 5 nitrogen and oxygen atoms in total. The molecule has 29 heavy (non-hydrogen) atoms. The van der Waals surface area contributed by atoms with Gasteiger partial charge in [0.25, 0.3) is 5.91 Å². The average molecular weight is 400 g/mol. The smallest absolute Gasteiger partial charge is 0.251 e. The summed E-state index contributed by atoms with van der Waals surface area (Å²) in [6.07, 6.45) is 2.19. The van der Waals surface area contributed by atoms with Crippen LogP contribution in [0.3, 0.4) is 0 Å². The molecule has 1 amide bonds. The van der Waals surface area contributed by atoms with Gasteiger partial charge in [-0.05, 0) is 37.3 Å². The zero-order valence-corrected chi connectivity index (χ0v) is 16.1. The Labute approximate surface area is 167 Å². The van der Waals surface area contributed by atoms with Crippen molar-refractivity contribution in [2.75, 3.05) is 19.8 Å². The standard InChI is InChI=1S/C22H22F2N2O3/c1-2-28-11-4-12-29-21-18(23)8-6-17(20(21)24)14-26-22(27)16-7-9-19-15(13-16)5-3-10-25-19/h3,5-10,13H,2,4,11-12,14H2,1H3,(H,26,27). The lowest BCUT2D eigenvalue weighted by Gasteiger charge is -2.12. The van der Waals surface area contributed by atoms with E-state index in [1.54, 1.807) is 30.5 Å². The van der Waals surface area contributed by atoms with E-state index in [2.05, 4.69) is 10.3 Å². The molecule has 0 radical (unpaired) electrons. The van der Waals surface area contributed by atoms with Crippen molar-refractivity contribution >= 4 is 16.8 Å². The molecule has 0 atom stereocenters. The van der Waals surface area contributed by atoms with E-state index >= 15 is 0 Å². The third kappa shape index (κ3) is 5.26. The van der Waals surface area contributed by atoms with Crippen LogP contribution in [0.25, 0.3) is 10.9 Å². The van der Waals surface area contributed by atoms with Gasteiger partial charge in [-0.3, -0.25) is 9.78 Å². The molecule has 0 unspecified atom stereocenters. The normalized spacial score (nSPS) is 10.9. The van der Waals surface area contributed by atoms with Crippen LogP contribution in [0.2, 0.25) is 0 Å². The van der Waals surface area contributed by atoms with E-state index in [9.17, 15) is 13.6 Å². The zero-order valence-electron chi connectivity index (χ0n) is 16.1. The Morgan fingerprint density at radius 1 is 1.14 bits per heavy atom. The lowest BCUT2D eigenvalue weighted by Crippen LogP contribution is -2.23. The molecule has 1 aromatic heterocycles. The van der Waals surface area contributed by atoms with E-state index in [4.69, 9.17) is 9.47 Å². The highest BCUT2D eigenvalue weighted by atomic mass is 19.1. The number of ether oxygens (including phenoxy) is 2. The van der Waals surface area contributed by atoms with E-state index in [1.807, 2.05) is 13.0 Å². The largest absolute Gasteiger partial charge is 0.488 e. The molecule has 0 saturated heterocycles. The second-order valence-electron chi connectivity index (χ2n) is 6.34. The van der Waals surface area contributed by atoms with E-state index in [1.165, 1.54) is 6.07 Å². The van der Waals surface area contributed by atoms with Gasteiger partial charge < -0.3 is 14.8 Å². The van der Waals surface area contributed by atoms with E-state index in [-0.39, 0.29) is 24.6 Å². The van der Waals surface area contributed by atoms with Crippen molar-refractivity contribution < 1.29 is 23.0 Å². The fourth-order valence-corrected chi connectivity index (χ4v) is 2.82. The number of hydrogen-bond acceptors (Lipinski definition) is 4. The minimum Gasteiger partial charge on any atom is -0.488 e. The van der Waals surface area contributed by atoms with Crippen molar-refractivity contribution in [3.8, 4) is 5.75 Å². The third-order valence-electron chi connectivity index (χ3n) is 4.32. The van der Waals surface area contributed by atoms with Gasteiger partial charge in [-0.1, -0.05) is 12.1 Å². The Bertz CT molecular complexity index is 995. The predicted molar refractivity (Wildman–Crippen MR) is 106 cm³/mol. The van der Waals surface area contributed by atoms with Crippen molar-refractivity contribution in [1.29, 1.82) is 0 Å². The Hall–Kier alpha value is -3.06. The van der Waals surface area contributed by atoms with Gasteiger partial charge in [0.15, 0.2) is 17.4 Å². The first kappa shape index (κ1) is 20.7. The minimum absolute atomic E-state index is 0.0919. The maximum atomic E-state index is 14.6. The summed E-state index contributed by atoms with van der Waals surface area (Å²) in [6, 6.07) is 11.2. The maximum absolute atomic E-state index is 14.6. The van der Waals surface area contributed by atoms with Crippen LogP contribution in [0.4, 0.5) is 8.78 Å². The summed E-state index contributed by atoms with van der Waals surface area (Å²) in [7, 11) is 0. The minimum atomic E-state index is -0.815. The quantitative estimate of drug-likeness (QED) is 0.546. The van der Waals surface area contributed by atoms with E-state index in [0.29, 0.717) is 25.2 Å². The Morgan fingerprint density at radius 2 is 2.00 bits per heavy atom. The highest BCUT2D eigenvalue weighted by molar-refractivity contribution is 5.97. The van der Waals surface area contributed by atoms with Crippen LogP contribution in [0.5, 0.6) is 5.75 Å². The van der Waals surface area contributed by atoms with Crippen LogP contribution in [0.1, 0.15) is 29.3 Å². The number of halogens is 2. The monoisotopic (exact) mass is 400 g/mol. The van der Waals surface area contributed by atoms with Crippen molar-refractivity contribution in [2.24, 2.45) is 0 Å². The van der Waals surface area contributed by atoms with Crippen molar-refractivity contribution in [3.63, 3.8) is 0 Å². The molecule has 1 heterocycles. The van der Waals surface area contributed by atoms with Gasteiger partial charge in [0.1, 0.15) is 0 Å². The second-order valence-corrected chi connectivity index (χ2v) is 6.34. The molecule has 1 N–H and O–H groups in total. The topological polar surface area (TPSA) is 60.5 Å². The third-order valence-corrected chi connectivity index (χ3v) is 4.32. The number of amides is 1. The molecule has 0 aliphatic carbocycles. The fraction of sp³-hybridized carbons (Fsp3) is 0.273. The summed E-state index contributed by atoms with van der Waals surface area (Å²) < 4.78 is 39.0. The van der Waals surface area contributed by atoms with Gasteiger partial charge >= 0.3 is 0 Å². The molecule has 152 valence electrons. The number of nitrogens with zero attached hydrogens (tertiary/aromatic N) is 1. The first-order valence-corrected chi connectivity index (χ1v) is 9.40. The summed E-state index contributed by atoms with van der Waals surface area (Å²) in [5, 5.41) is 3.48. The Balaban J connectivity index is 1.64. The van der Waals surface area contributed by atoms with Crippen LogP contribution in [-0.2, 0) is 11.3 Å². The second kappa shape index (κ2) is 9.93. The number of pyridine rings is 1. The molecule has 3 rings (SSSR count). The molecule has 0 aliphatic heterocycles. The first-order valence-electron chi connectivity index (χ1n) is 9.40. The number of aromatic nitrogens is 1. The van der Waals surface area contributed by atoms with Crippen molar-refractivity contribution in [1.82, 2.24) is 10.3 Å². The summed E-state index contributed by atoms with van der Waals surface area (Å²) in [4.78, 5) is 16.6. The van der Waals surface area contributed by atoms with Crippen LogP contribution >= 0.6 is 0 Å². The van der Waals surface area contributed by atoms with Crippen LogP contribution < -0.4 is 10.1 Å². The van der Waals surface area contributed by atoms with Gasteiger partial charge in [0.2, 0.25) is 0 Å². The van der Waals surface area contributed by atoms with Gasteiger partial charge in [0, 0.05) is 48.9 Å². The lowest BCUT2D eigenvalue weighted by atomic mass is 10.1. The summed E-state index contributed by atoms with van der Waals surface area (Å²) in [5.41, 5.74) is 1.35. The highest BCUT2D eigenvalue weighted by Gasteiger charge is 2.16. The first-order chi connectivity index (χ1) is 14.1. The van der Waals surface area contributed by atoms with E-state index in [0.717, 1.165) is 17.0 Å². The molecule has 2 aromatic carbocycles. The molecule has 0 fully saturated rings. The molecule has 0 bridgehead atoms. The zero-order chi connectivity index (χ0) is 20.6. The van der Waals surface area contributed by atoms with Gasteiger partial charge in [-0.15, -0.1) is 0 Å². The van der Waals surface area contributed by atoms with Crippen molar-refractivity contribution in [2.45, 2.75) is 19.9 Å². The Morgan fingerprint density at radius 3 is 2.83 bits per heavy atom. The van der Waals surface area contributed by atoms with E-state index < -0.39 is 17.4 Å². The number of rotatable bonds is 9. The maximum Gasteiger partial charge on any atom is 0.251 e. The summed E-state index contributed by atoms with van der Waals surface area (Å²) in [5.74, 6) is -2.40. The lowest BCUT2D eigenvalue weighted by molar-refractivity contribution is 0.0950. The molecular formula is C22H22F2N2O3. The highest BCUT2D eigenvalue weighted by Crippen LogP contribution is 2.25. The van der Waals surface area contributed by atoms with Crippen LogP contribution in [0, 0.1) is 11.6 Å². The van der Waals surface area contributed by atoms with Crippen molar-refractivity contribution in [3.05, 3.63) is 71.4 Å². The number of nitrogens with one attached hydrogen (secondary N) is 1. The average Bonchev–Trinajstić information content (AvgIpc) is 2.74. The SMILES string of the molecule is CCOCCCOc1c(F)ccc(CNC(=O)c2ccc3ncccc3c2)c1F. The van der Waals surface area contributed by atoms with Crippen LogP contribution in [-0.4, -0.2) is 30.7 Å². The molecule has 0 aliphatic rings. The molecule has 0 spiro atoms. The molecule has 3 aromatic rings. The molecule has 0 saturated carbocycles. The van der Waals surface area contributed by atoms with Gasteiger partial charge in [-0.2, -0.15) is 0 Å². The number of fused-ring (bicyclic) bond motifs is 1. The number of carbonyl (C=O) groups excluding carboxylic acids is 1. The summed E-state index contributed by atoms with van der Waals surface area (Å²) in [6.45, 7) is 2.94.